The Hall–Kier alpha value is -6.58. The lowest BCUT2D eigenvalue weighted by molar-refractivity contribution is 0.590. The van der Waals surface area contributed by atoms with Crippen LogP contribution in [0, 0.1) is 0 Å². The molecule has 0 saturated heterocycles. The van der Waals surface area contributed by atoms with Gasteiger partial charge in [0, 0.05) is 34.0 Å². The molecule has 2 aliphatic rings. The first kappa shape index (κ1) is 48.1. The van der Waals surface area contributed by atoms with Crippen LogP contribution in [0.15, 0.2) is 170 Å². The number of fused-ring (bicyclic) bond motifs is 4. The van der Waals surface area contributed by atoms with Crippen LogP contribution in [0.2, 0.25) is 0 Å². The highest BCUT2D eigenvalue weighted by molar-refractivity contribution is 7.00. The molecule has 8 aromatic rings. The fourth-order valence-electron chi connectivity index (χ4n) is 10.8. The quantitative estimate of drug-likeness (QED) is 0.159. The average molecular weight is 929 g/mol. The largest absolute Gasteiger partial charge is 0.311 e. The van der Waals surface area contributed by atoms with Gasteiger partial charge < -0.3 is 9.80 Å². The zero-order chi connectivity index (χ0) is 50.6. The fourth-order valence-corrected chi connectivity index (χ4v) is 10.8. The Labute approximate surface area is 426 Å². The average Bonchev–Trinajstić information content (AvgIpc) is 3.32. The van der Waals surface area contributed by atoms with Gasteiger partial charge in [-0.2, -0.15) is 0 Å². The Bertz CT molecular complexity index is 3300. The van der Waals surface area contributed by atoms with E-state index in [1.807, 2.05) is 0 Å². The maximum absolute atomic E-state index is 2.64. The summed E-state index contributed by atoms with van der Waals surface area (Å²) in [4.78, 5) is 5.22. The van der Waals surface area contributed by atoms with Crippen molar-refractivity contribution < 1.29 is 0 Å². The van der Waals surface area contributed by atoms with Gasteiger partial charge in [0.05, 0.1) is 5.69 Å². The van der Waals surface area contributed by atoms with Gasteiger partial charge in [0.1, 0.15) is 0 Å². The van der Waals surface area contributed by atoms with Crippen LogP contribution in [0.3, 0.4) is 0 Å². The van der Waals surface area contributed by atoms with E-state index >= 15 is 0 Å². The molecule has 0 saturated carbocycles. The number of rotatable bonds is 5. The fraction of sp³-hybridized carbons (Fsp3) is 0.294. The highest BCUT2D eigenvalue weighted by Crippen LogP contribution is 2.50. The van der Waals surface area contributed by atoms with Crippen molar-refractivity contribution in [2.45, 2.75) is 131 Å². The van der Waals surface area contributed by atoms with Crippen molar-refractivity contribution in [3.05, 3.63) is 198 Å². The summed E-state index contributed by atoms with van der Waals surface area (Å²) in [7, 11) is 0. The van der Waals surface area contributed by atoms with E-state index in [0.717, 1.165) is 5.69 Å². The Morgan fingerprint density at radius 2 is 0.690 bits per heavy atom. The highest BCUT2D eigenvalue weighted by atomic mass is 15.2. The van der Waals surface area contributed by atoms with E-state index in [4.69, 9.17) is 0 Å². The van der Waals surface area contributed by atoms with Crippen LogP contribution in [0.25, 0.3) is 33.4 Å². The molecular formula is C68H73BN2. The molecule has 0 radical (unpaired) electrons. The van der Waals surface area contributed by atoms with Crippen LogP contribution >= 0.6 is 0 Å². The molecule has 358 valence electrons. The molecule has 0 N–H and O–H groups in total. The van der Waals surface area contributed by atoms with Gasteiger partial charge in [0.25, 0.3) is 6.71 Å². The van der Waals surface area contributed by atoms with Crippen molar-refractivity contribution in [3.8, 4) is 33.4 Å². The number of anilines is 6. The number of hydrogen-bond donors (Lipinski definition) is 0. The number of nitrogens with zero attached hydrogens (tertiary/aromatic N) is 2. The van der Waals surface area contributed by atoms with Gasteiger partial charge in [0.2, 0.25) is 0 Å². The van der Waals surface area contributed by atoms with Crippen LogP contribution in [0.5, 0.6) is 0 Å². The Kier molecular flexibility index (Phi) is 11.5. The lowest BCUT2D eigenvalue weighted by Crippen LogP contribution is -2.61. The lowest BCUT2D eigenvalue weighted by Gasteiger charge is -2.45. The smallest absolute Gasteiger partial charge is 0.252 e. The summed E-state index contributed by atoms with van der Waals surface area (Å²) in [5, 5.41) is 0. The molecule has 8 aromatic carbocycles. The van der Waals surface area contributed by atoms with Crippen LogP contribution < -0.4 is 26.2 Å². The SMILES string of the molecule is CC(C)(C)c1ccc(-c2cc(C(C)(C)C)ccc2N2c3ccc(C(C)(C)C)cc3B3c4cc(C(C)(C)C)ccc4N(c4ccc(C(C)(C)C)cc4)c4cc(-c5cccc(-c6ccccc6)c5)cc2c43)cc1. The van der Waals surface area contributed by atoms with Gasteiger partial charge >= 0.3 is 0 Å². The van der Waals surface area contributed by atoms with Crippen molar-refractivity contribution in [1.29, 1.82) is 0 Å². The topological polar surface area (TPSA) is 6.48 Å². The zero-order valence-corrected chi connectivity index (χ0v) is 45.1. The van der Waals surface area contributed by atoms with Crippen LogP contribution in [-0.4, -0.2) is 6.71 Å². The molecule has 2 aliphatic heterocycles. The Morgan fingerprint density at radius 3 is 1.20 bits per heavy atom. The van der Waals surface area contributed by atoms with E-state index in [0.29, 0.717) is 0 Å². The molecule has 0 aliphatic carbocycles. The molecule has 0 unspecified atom stereocenters. The second-order valence-corrected chi connectivity index (χ2v) is 25.6. The van der Waals surface area contributed by atoms with Crippen LogP contribution in [0.1, 0.15) is 132 Å². The predicted octanol–water partition coefficient (Wildman–Crippen LogP) is 17.3. The number of hydrogen-bond acceptors (Lipinski definition) is 2. The van der Waals surface area contributed by atoms with E-state index in [1.54, 1.807) is 0 Å². The normalized spacial score (nSPS) is 13.8. The second kappa shape index (κ2) is 17.0. The zero-order valence-electron chi connectivity index (χ0n) is 45.1. The minimum Gasteiger partial charge on any atom is -0.311 e. The van der Waals surface area contributed by atoms with Crippen LogP contribution in [0.4, 0.5) is 34.1 Å². The molecule has 0 bridgehead atoms. The molecule has 0 fully saturated rings. The molecule has 2 nitrogen and oxygen atoms in total. The third-order valence-corrected chi connectivity index (χ3v) is 15.3. The predicted molar refractivity (Wildman–Crippen MR) is 310 cm³/mol. The minimum atomic E-state index is -0.0590. The summed E-state index contributed by atoms with van der Waals surface area (Å²) in [6, 6.07) is 65.8. The molecular weight excluding hydrogens is 856 g/mol. The molecule has 2 heterocycles. The molecule has 0 atom stereocenters. The Balaban J connectivity index is 1.35. The first-order valence-corrected chi connectivity index (χ1v) is 26.0. The maximum atomic E-state index is 2.64. The Morgan fingerprint density at radius 1 is 0.282 bits per heavy atom. The van der Waals surface area contributed by atoms with E-state index < -0.39 is 0 Å². The summed E-state index contributed by atoms with van der Waals surface area (Å²) in [5.74, 6) is 0. The van der Waals surface area contributed by atoms with Crippen molar-refractivity contribution in [1.82, 2.24) is 0 Å². The van der Waals surface area contributed by atoms with Crippen LogP contribution in [-0.2, 0) is 27.1 Å². The third-order valence-electron chi connectivity index (χ3n) is 15.3. The van der Waals surface area contributed by atoms with Gasteiger partial charge in [-0.3, -0.25) is 0 Å². The van der Waals surface area contributed by atoms with Crippen molar-refractivity contribution in [2.75, 3.05) is 9.80 Å². The minimum absolute atomic E-state index is 0.0240. The van der Waals surface area contributed by atoms with Crippen molar-refractivity contribution in [3.63, 3.8) is 0 Å². The molecule has 10 rings (SSSR count). The highest BCUT2D eigenvalue weighted by Gasteiger charge is 2.45. The van der Waals surface area contributed by atoms with Gasteiger partial charge in [0.15, 0.2) is 0 Å². The monoisotopic (exact) mass is 929 g/mol. The molecule has 71 heavy (non-hydrogen) atoms. The summed E-state index contributed by atoms with van der Waals surface area (Å²) >= 11 is 0. The van der Waals surface area contributed by atoms with Crippen molar-refractivity contribution >= 4 is 57.2 Å². The van der Waals surface area contributed by atoms with Gasteiger partial charge in [-0.25, -0.2) is 0 Å². The maximum Gasteiger partial charge on any atom is 0.252 e. The first-order chi connectivity index (χ1) is 33.4. The number of benzene rings is 8. The summed E-state index contributed by atoms with van der Waals surface area (Å²) in [5.41, 5.74) is 25.0. The molecule has 0 aromatic heterocycles. The van der Waals surface area contributed by atoms with Crippen molar-refractivity contribution in [2.24, 2.45) is 0 Å². The second-order valence-electron chi connectivity index (χ2n) is 25.6. The first-order valence-electron chi connectivity index (χ1n) is 26.0. The van der Waals surface area contributed by atoms with E-state index in [-0.39, 0.29) is 33.8 Å². The molecule has 0 amide bonds. The van der Waals surface area contributed by atoms with Gasteiger partial charge in [-0.05, 0) is 154 Å². The summed E-state index contributed by atoms with van der Waals surface area (Å²) in [6.07, 6.45) is 0. The lowest BCUT2D eigenvalue weighted by atomic mass is 9.33. The standard InChI is InChI=1S/C68H73BN2/c1-64(2,3)49-26-24-45(25-27-49)55-41-51(66(7,8)9)30-35-58(55)71-60-37-32-53(68(13,14)15)43-57(60)69-56-42-52(67(10,11)12)31-36-59(56)70(54-33-28-50(29-34-54)65(4,5)6)61-39-48(40-62(71)63(61)69)47-23-19-22-46(38-47)44-20-17-16-18-21-44/h16-43H,1-15H3. The molecule has 3 heteroatoms. The van der Waals surface area contributed by atoms with E-state index in [1.165, 1.54) is 106 Å². The van der Waals surface area contributed by atoms with Gasteiger partial charge in [-0.1, -0.05) is 219 Å². The third kappa shape index (κ3) is 8.85. The summed E-state index contributed by atoms with van der Waals surface area (Å²) < 4.78 is 0. The summed E-state index contributed by atoms with van der Waals surface area (Å²) in [6.45, 7) is 34.9. The van der Waals surface area contributed by atoms with E-state index in [2.05, 4.69) is 284 Å². The van der Waals surface area contributed by atoms with E-state index in [9.17, 15) is 0 Å². The molecule has 0 spiro atoms. The van der Waals surface area contributed by atoms with Gasteiger partial charge in [-0.15, -0.1) is 0 Å².